The zero-order valence-electron chi connectivity index (χ0n) is 9.33. The Morgan fingerprint density at radius 3 is 2.83 bits per heavy atom. The maximum atomic E-state index is 11.0. The van der Waals surface area contributed by atoms with E-state index in [0.717, 1.165) is 5.56 Å². The molecule has 2 aromatic rings. The van der Waals surface area contributed by atoms with Crippen molar-refractivity contribution < 1.29 is 9.90 Å². The summed E-state index contributed by atoms with van der Waals surface area (Å²) in [6.45, 7) is 0. The predicted octanol–water partition coefficient (Wildman–Crippen LogP) is 1.64. The minimum absolute atomic E-state index is 0.215. The molecule has 0 aliphatic heterocycles. The first kappa shape index (κ1) is 11.8. The van der Waals surface area contributed by atoms with E-state index in [4.69, 9.17) is 5.11 Å². The number of hydrogen-bond donors (Lipinski definition) is 2. The van der Waals surface area contributed by atoms with E-state index in [1.54, 1.807) is 30.4 Å². The molecule has 0 aliphatic rings. The van der Waals surface area contributed by atoms with Crippen LogP contribution in [-0.4, -0.2) is 21.0 Å². The third-order valence-corrected chi connectivity index (χ3v) is 2.26. The lowest BCUT2D eigenvalue weighted by molar-refractivity contribution is 0.0697. The Morgan fingerprint density at radius 2 is 2.11 bits per heavy atom. The highest BCUT2D eigenvalue weighted by atomic mass is 16.4. The van der Waals surface area contributed by atoms with Crippen molar-refractivity contribution >= 4 is 18.1 Å². The Hall–Kier alpha value is -2.69. The SMILES string of the molecule is O=C(O)c1cccc(/C=C/c2nccc(=O)[nH]2)c1. The van der Waals surface area contributed by atoms with Gasteiger partial charge in [0, 0.05) is 12.3 Å². The van der Waals surface area contributed by atoms with Crippen LogP contribution in [0.1, 0.15) is 21.7 Å². The minimum atomic E-state index is -0.975. The van der Waals surface area contributed by atoms with E-state index in [9.17, 15) is 9.59 Å². The van der Waals surface area contributed by atoms with E-state index >= 15 is 0 Å². The molecule has 0 bridgehead atoms. The van der Waals surface area contributed by atoms with E-state index in [0.29, 0.717) is 5.82 Å². The van der Waals surface area contributed by atoms with Crippen LogP contribution in [0.2, 0.25) is 0 Å². The van der Waals surface area contributed by atoms with Gasteiger partial charge < -0.3 is 10.1 Å². The molecule has 0 saturated heterocycles. The third kappa shape index (κ3) is 2.91. The summed E-state index contributed by atoms with van der Waals surface area (Å²) in [4.78, 5) is 28.3. The summed E-state index contributed by atoms with van der Waals surface area (Å²) in [6.07, 6.45) is 4.71. The quantitative estimate of drug-likeness (QED) is 0.857. The molecule has 0 radical (unpaired) electrons. The number of carbonyl (C=O) groups is 1. The van der Waals surface area contributed by atoms with E-state index in [-0.39, 0.29) is 11.1 Å². The topological polar surface area (TPSA) is 83.0 Å². The minimum Gasteiger partial charge on any atom is -0.478 e. The molecule has 5 heteroatoms. The van der Waals surface area contributed by atoms with Crippen molar-refractivity contribution in [1.82, 2.24) is 9.97 Å². The predicted molar refractivity (Wildman–Crippen MR) is 67.2 cm³/mol. The van der Waals surface area contributed by atoms with Gasteiger partial charge in [0.2, 0.25) is 0 Å². The van der Waals surface area contributed by atoms with Gasteiger partial charge in [-0.3, -0.25) is 4.79 Å². The van der Waals surface area contributed by atoms with Crippen LogP contribution in [0.15, 0.2) is 41.3 Å². The highest BCUT2D eigenvalue weighted by Gasteiger charge is 2.01. The number of aromatic nitrogens is 2. The second kappa shape index (κ2) is 5.09. The maximum Gasteiger partial charge on any atom is 0.335 e. The molecule has 0 spiro atoms. The Kier molecular flexibility index (Phi) is 3.33. The molecule has 2 N–H and O–H groups in total. The fourth-order valence-electron chi connectivity index (χ4n) is 1.42. The Bertz CT molecular complexity index is 659. The van der Waals surface area contributed by atoms with Crippen molar-refractivity contribution in [3.05, 3.63) is 63.8 Å². The van der Waals surface area contributed by atoms with Crippen LogP contribution in [0.3, 0.4) is 0 Å². The van der Waals surface area contributed by atoms with Crippen molar-refractivity contribution in [3.63, 3.8) is 0 Å². The lowest BCUT2D eigenvalue weighted by atomic mass is 10.1. The summed E-state index contributed by atoms with van der Waals surface area (Å²) in [5.41, 5.74) is 0.706. The second-order valence-electron chi connectivity index (χ2n) is 3.58. The van der Waals surface area contributed by atoms with Gasteiger partial charge in [-0.2, -0.15) is 0 Å². The smallest absolute Gasteiger partial charge is 0.335 e. The molecule has 0 aliphatic carbocycles. The Morgan fingerprint density at radius 1 is 1.28 bits per heavy atom. The molecule has 5 nitrogen and oxygen atoms in total. The Balaban J connectivity index is 2.26. The average molecular weight is 242 g/mol. The van der Waals surface area contributed by atoms with Gasteiger partial charge in [0.1, 0.15) is 5.82 Å². The van der Waals surface area contributed by atoms with Gasteiger partial charge in [-0.1, -0.05) is 18.2 Å². The Labute approximate surface area is 102 Å². The van der Waals surface area contributed by atoms with Crippen LogP contribution in [0.4, 0.5) is 0 Å². The first-order valence-corrected chi connectivity index (χ1v) is 5.22. The fourth-order valence-corrected chi connectivity index (χ4v) is 1.42. The normalized spacial score (nSPS) is 10.7. The van der Waals surface area contributed by atoms with Crippen LogP contribution in [-0.2, 0) is 0 Å². The number of carboxylic acid groups (broad SMARTS) is 1. The number of aromatic amines is 1. The van der Waals surface area contributed by atoms with Gasteiger partial charge in [0.25, 0.3) is 5.56 Å². The van der Waals surface area contributed by atoms with Crippen molar-refractivity contribution in [1.29, 1.82) is 0 Å². The summed E-state index contributed by atoms with van der Waals surface area (Å²) in [5, 5.41) is 8.85. The van der Waals surface area contributed by atoms with Crippen LogP contribution in [0.5, 0.6) is 0 Å². The number of carboxylic acids is 1. The lowest BCUT2D eigenvalue weighted by Crippen LogP contribution is -2.05. The maximum absolute atomic E-state index is 11.0. The van der Waals surface area contributed by atoms with Gasteiger partial charge in [0.15, 0.2) is 0 Å². The van der Waals surface area contributed by atoms with Gasteiger partial charge in [-0.15, -0.1) is 0 Å². The molecule has 1 aromatic carbocycles. The number of hydrogen-bond acceptors (Lipinski definition) is 3. The number of nitrogens with one attached hydrogen (secondary N) is 1. The van der Waals surface area contributed by atoms with E-state index in [1.807, 2.05) is 0 Å². The highest BCUT2D eigenvalue weighted by Crippen LogP contribution is 2.08. The number of rotatable bonds is 3. The van der Waals surface area contributed by atoms with Crippen LogP contribution < -0.4 is 5.56 Å². The number of nitrogens with zero attached hydrogens (tertiary/aromatic N) is 1. The average Bonchev–Trinajstić information content (AvgIpc) is 2.37. The van der Waals surface area contributed by atoms with E-state index in [2.05, 4.69) is 9.97 Å². The molecular formula is C13H10N2O3. The largest absolute Gasteiger partial charge is 0.478 e. The molecule has 1 heterocycles. The van der Waals surface area contributed by atoms with Crippen LogP contribution in [0.25, 0.3) is 12.2 Å². The summed E-state index contributed by atoms with van der Waals surface area (Å²) in [7, 11) is 0. The third-order valence-electron chi connectivity index (χ3n) is 2.26. The summed E-state index contributed by atoms with van der Waals surface area (Å²) < 4.78 is 0. The standard InChI is InChI=1S/C13H10N2O3/c16-12-6-7-14-11(15-12)5-4-9-2-1-3-10(8-9)13(17)18/h1-8H,(H,17,18)(H,14,15,16)/b5-4+. The summed E-state index contributed by atoms with van der Waals surface area (Å²) >= 11 is 0. The highest BCUT2D eigenvalue weighted by molar-refractivity contribution is 5.88. The van der Waals surface area contributed by atoms with Crippen molar-refractivity contribution in [3.8, 4) is 0 Å². The zero-order chi connectivity index (χ0) is 13.0. The molecular weight excluding hydrogens is 232 g/mol. The number of H-pyrrole nitrogens is 1. The van der Waals surface area contributed by atoms with Crippen LogP contribution in [0, 0.1) is 0 Å². The molecule has 1 aromatic heterocycles. The first-order valence-electron chi connectivity index (χ1n) is 5.22. The number of aromatic carboxylic acids is 1. The van der Waals surface area contributed by atoms with Gasteiger partial charge in [-0.25, -0.2) is 9.78 Å². The van der Waals surface area contributed by atoms with Gasteiger partial charge in [-0.05, 0) is 23.8 Å². The summed E-state index contributed by atoms with van der Waals surface area (Å²) in [6, 6.07) is 7.80. The fraction of sp³-hybridized carbons (Fsp3) is 0. The van der Waals surface area contributed by atoms with Gasteiger partial charge >= 0.3 is 5.97 Å². The molecule has 18 heavy (non-hydrogen) atoms. The first-order chi connectivity index (χ1) is 8.65. The van der Waals surface area contributed by atoms with Crippen molar-refractivity contribution in [2.24, 2.45) is 0 Å². The summed E-state index contributed by atoms with van der Waals surface area (Å²) in [5.74, 6) is -0.556. The van der Waals surface area contributed by atoms with Crippen molar-refractivity contribution in [2.45, 2.75) is 0 Å². The lowest BCUT2D eigenvalue weighted by Gasteiger charge is -1.96. The zero-order valence-corrected chi connectivity index (χ0v) is 9.33. The monoisotopic (exact) mass is 242 g/mol. The van der Waals surface area contributed by atoms with E-state index < -0.39 is 5.97 Å². The van der Waals surface area contributed by atoms with E-state index in [1.165, 1.54) is 18.3 Å². The number of benzene rings is 1. The molecule has 90 valence electrons. The van der Waals surface area contributed by atoms with Crippen molar-refractivity contribution in [2.75, 3.05) is 0 Å². The van der Waals surface area contributed by atoms with Crippen LogP contribution >= 0.6 is 0 Å². The molecule has 0 atom stereocenters. The molecule has 0 amide bonds. The second-order valence-corrected chi connectivity index (χ2v) is 3.58. The molecule has 0 saturated carbocycles. The molecule has 2 rings (SSSR count). The van der Waals surface area contributed by atoms with Gasteiger partial charge in [0.05, 0.1) is 5.56 Å². The molecule has 0 unspecified atom stereocenters. The molecule has 0 fully saturated rings.